The van der Waals surface area contributed by atoms with Crippen molar-refractivity contribution >= 4 is 11.8 Å². The maximum atomic E-state index is 9.13. The minimum atomic E-state index is -0.132. The van der Waals surface area contributed by atoms with Crippen LogP contribution in [-0.4, -0.2) is 22.2 Å². The molecule has 1 N–H and O–H groups in total. The van der Waals surface area contributed by atoms with Gasteiger partial charge in [0, 0.05) is 11.0 Å². The van der Waals surface area contributed by atoms with Crippen LogP contribution in [0.15, 0.2) is 0 Å². The van der Waals surface area contributed by atoms with Gasteiger partial charge in [0.05, 0.1) is 6.10 Å². The summed E-state index contributed by atoms with van der Waals surface area (Å²) in [5, 5.41) is 9.95. The van der Waals surface area contributed by atoms with Crippen molar-refractivity contribution in [1.29, 1.82) is 0 Å². The van der Waals surface area contributed by atoms with Crippen molar-refractivity contribution < 1.29 is 5.11 Å². The third-order valence-corrected chi connectivity index (χ3v) is 4.04. The fraction of sp³-hybridized carbons (Fsp3) is 1.00. The molecule has 0 aliphatic heterocycles. The second-order valence-corrected chi connectivity index (χ2v) is 5.41. The quantitative estimate of drug-likeness (QED) is 0.735. The number of rotatable bonds is 3. The summed E-state index contributed by atoms with van der Waals surface area (Å²) < 4.78 is 0. The summed E-state index contributed by atoms with van der Waals surface area (Å²) in [4.78, 5) is 0. The molecule has 1 rings (SSSR count). The Balaban J connectivity index is 2.14. The second kappa shape index (κ2) is 5.13. The lowest BCUT2D eigenvalue weighted by molar-refractivity contribution is 0.220. The van der Waals surface area contributed by atoms with E-state index in [1.54, 1.807) is 0 Å². The number of hydrogen-bond acceptors (Lipinski definition) is 2. The molecule has 0 bridgehead atoms. The van der Waals surface area contributed by atoms with Gasteiger partial charge in [0.1, 0.15) is 0 Å². The van der Waals surface area contributed by atoms with Crippen molar-refractivity contribution in [1.82, 2.24) is 0 Å². The van der Waals surface area contributed by atoms with Crippen LogP contribution in [0.2, 0.25) is 0 Å². The number of hydrogen-bond donors (Lipinski definition) is 1. The minimum Gasteiger partial charge on any atom is -0.393 e. The summed E-state index contributed by atoms with van der Waals surface area (Å²) in [6.07, 6.45) is 5.39. The molecule has 0 spiro atoms. The van der Waals surface area contributed by atoms with E-state index in [2.05, 4.69) is 6.92 Å². The topological polar surface area (TPSA) is 20.2 Å². The first-order valence-corrected chi connectivity index (χ1v) is 6.03. The highest BCUT2D eigenvalue weighted by atomic mass is 32.2. The molecule has 0 aromatic rings. The Hall–Kier alpha value is 0.310. The molecule has 72 valence electrons. The van der Waals surface area contributed by atoms with Crippen LogP contribution in [0.3, 0.4) is 0 Å². The Bertz CT molecular complexity index is 125. The Labute approximate surface area is 79.9 Å². The van der Waals surface area contributed by atoms with E-state index in [4.69, 9.17) is 5.11 Å². The standard InChI is InChI=1S/C10H20OS/c1-8-4-3-5-10(6-8)12-7-9(2)11/h8-11H,3-7H2,1-2H3/t8?,9-,10?/m1/s1. The minimum absolute atomic E-state index is 0.132. The fourth-order valence-corrected chi connectivity index (χ4v) is 3.15. The Morgan fingerprint density at radius 3 is 2.83 bits per heavy atom. The highest BCUT2D eigenvalue weighted by Gasteiger charge is 2.19. The SMILES string of the molecule is CC1CCCC(SC[C@@H](C)O)C1. The number of thioether (sulfide) groups is 1. The summed E-state index contributed by atoms with van der Waals surface area (Å²) in [6.45, 7) is 4.22. The Kier molecular flexibility index (Phi) is 4.44. The highest BCUT2D eigenvalue weighted by molar-refractivity contribution is 7.99. The predicted molar refractivity (Wildman–Crippen MR) is 55.6 cm³/mol. The molecular formula is C10H20OS. The Morgan fingerprint density at radius 1 is 1.50 bits per heavy atom. The average molecular weight is 188 g/mol. The van der Waals surface area contributed by atoms with Gasteiger partial charge in [-0.2, -0.15) is 11.8 Å². The van der Waals surface area contributed by atoms with Gasteiger partial charge in [0.25, 0.3) is 0 Å². The van der Waals surface area contributed by atoms with Gasteiger partial charge in [0.2, 0.25) is 0 Å². The second-order valence-electron chi connectivity index (χ2n) is 4.08. The van der Waals surface area contributed by atoms with Crippen molar-refractivity contribution in [2.24, 2.45) is 5.92 Å². The van der Waals surface area contributed by atoms with Crippen LogP contribution < -0.4 is 0 Å². The largest absolute Gasteiger partial charge is 0.393 e. The third kappa shape index (κ3) is 3.81. The smallest absolute Gasteiger partial charge is 0.0602 e. The molecule has 2 heteroatoms. The maximum Gasteiger partial charge on any atom is 0.0602 e. The van der Waals surface area contributed by atoms with Gasteiger partial charge in [-0.1, -0.05) is 19.8 Å². The van der Waals surface area contributed by atoms with Crippen molar-refractivity contribution in [3.63, 3.8) is 0 Å². The first-order chi connectivity index (χ1) is 5.68. The highest BCUT2D eigenvalue weighted by Crippen LogP contribution is 2.31. The zero-order valence-electron chi connectivity index (χ0n) is 8.12. The molecule has 1 nitrogen and oxygen atoms in total. The molecule has 0 radical (unpaired) electrons. The van der Waals surface area contributed by atoms with Gasteiger partial charge in [-0.25, -0.2) is 0 Å². The van der Waals surface area contributed by atoms with E-state index >= 15 is 0 Å². The van der Waals surface area contributed by atoms with E-state index in [9.17, 15) is 0 Å². The van der Waals surface area contributed by atoms with Gasteiger partial charge in [-0.15, -0.1) is 0 Å². The molecule has 0 aromatic heterocycles. The molecule has 0 heterocycles. The summed E-state index contributed by atoms with van der Waals surface area (Å²) in [7, 11) is 0. The van der Waals surface area contributed by atoms with Crippen molar-refractivity contribution in [3.8, 4) is 0 Å². The molecule has 12 heavy (non-hydrogen) atoms. The average Bonchev–Trinajstić information content (AvgIpc) is 2.01. The van der Waals surface area contributed by atoms with E-state index in [0.717, 1.165) is 16.9 Å². The fourth-order valence-electron chi connectivity index (χ4n) is 1.81. The molecule has 0 saturated heterocycles. The lowest BCUT2D eigenvalue weighted by Gasteiger charge is -2.26. The molecule has 1 aliphatic rings. The van der Waals surface area contributed by atoms with E-state index in [0.29, 0.717) is 0 Å². The lowest BCUT2D eigenvalue weighted by atomic mass is 9.91. The number of aliphatic hydroxyl groups excluding tert-OH is 1. The van der Waals surface area contributed by atoms with Crippen molar-refractivity contribution in [2.45, 2.75) is 50.9 Å². The third-order valence-electron chi connectivity index (χ3n) is 2.46. The van der Waals surface area contributed by atoms with E-state index in [1.807, 2.05) is 18.7 Å². The molecule has 2 unspecified atom stereocenters. The predicted octanol–water partition coefficient (Wildman–Crippen LogP) is 2.68. The molecule has 1 saturated carbocycles. The van der Waals surface area contributed by atoms with Crippen LogP contribution in [0.4, 0.5) is 0 Å². The van der Waals surface area contributed by atoms with E-state index in [-0.39, 0.29) is 6.10 Å². The van der Waals surface area contributed by atoms with Gasteiger partial charge in [-0.3, -0.25) is 0 Å². The zero-order valence-corrected chi connectivity index (χ0v) is 8.94. The van der Waals surface area contributed by atoms with Gasteiger partial charge >= 0.3 is 0 Å². The maximum absolute atomic E-state index is 9.13. The van der Waals surface area contributed by atoms with Crippen molar-refractivity contribution in [3.05, 3.63) is 0 Å². The van der Waals surface area contributed by atoms with Crippen LogP contribution in [0.25, 0.3) is 0 Å². The first-order valence-electron chi connectivity index (χ1n) is 4.98. The number of aliphatic hydroxyl groups is 1. The van der Waals surface area contributed by atoms with E-state index < -0.39 is 0 Å². The molecular weight excluding hydrogens is 168 g/mol. The molecule has 0 amide bonds. The van der Waals surface area contributed by atoms with Crippen molar-refractivity contribution in [2.75, 3.05) is 5.75 Å². The summed E-state index contributed by atoms with van der Waals surface area (Å²) in [5.74, 6) is 1.82. The van der Waals surface area contributed by atoms with Gasteiger partial charge < -0.3 is 5.11 Å². The molecule has 1 aliphatic carbocycles. The Morgan fingerprint density at radius 2 is 2.25 bits per heavy atom. The first kappa shape index (κ1) is 10.4. The molecule has 3 atom stereocenters. The van der Waals surface area contributed by atoms with E-state index in [1.165, 1.54) is 25.7 Å². The monoisotopic (exact) mass is 188 g/mol. The summed E-state index contributed by atoms with van der Waals surface area (Å²) in [5.41, 5.74) is 0. The van der Waals surface area contributed by atoms with Gasteiger partial charge in [-0.05, 0) is 25.7 Å². The van der Waals surface area contributed by atoms with Gasteiger partial charge in [0.15, 0.2) is 0 Å². The van der Waals surface area contributed by atoms with Crippen LogP contribution >= 0.6 is 11.8 Å². The van der Waals surface area contributed by atoms with Crippen LogP contribution in [0, 0.1) is 5.92 Å². The zero-order chi connectivity index (χ0) is 8.97. The lowest BCUT2D eigenvalue weighted by Crippen LogP contribution is -2.17. The summed E-state index contributed by atoms with van der Waals surface area (Å²) in [6, 6.07) is 0. The van der Waals surface area contributed by atoms with Crippen LogP contribution in [0.1, 0.15) is 39.5 Å². The molecule has 1 fully saturated rings. The molecule has 0 aromatic carbocycles. The summed E-state index contributed by atoms with van der Waals surface area (Å²) >= 11 is 1.96. The normalized spacial score (nSPS) is 33.2. The van der Waals surface area contributed by atoms with Crippen LogP contribution in [0.5, 0.6) is 0 Å². The van der Waals surface area contributed by atoms with Crippen LogP contribution in [-0.2, 0) is 0 Å².